The van der Waals surface area contributed by atoms with Crippen LogP contribution >= 0.6 is 0 Å². The van der Waals surface area contributed by atoms with E-state index in [1.165, 1.54) is 6.07 Å². The van der Waals surface area contributed by atoms with Crippen LogP contribution < -0.4 is 10.9 Å². The summed E-state index contributed by atoms with van der Waals surface area (Å²) in [4.78, 5) is 26.1. The largest absolute Gasteiger partial charge is 0.325 e. The van der Waals surface area contributed by atoms with Crippen LogP contribution in [0, 0.1) is 6.92 Å². The molecule has 1 N–H and O–H groups in total. The zero-order valence-electron chi connectivity index (χ0n) is 13.8. The number of aryl methyl sites for hydroxylation is 1. The van der Waals surface area contributed by atoms with Crippen molar-refractivity contribution < 1.29 is 4.79 Å². The van der Waals surface area contributed by atoms with Gasteiger partial charge < -0.3 is 5.32 Å². The molecule has 0 spiro atoms. The zero-order valence-corrected chi connectivity index (χ0v) is 13.8. The molecule has 0 saturated carbocycles. The van der Waals surface area contributed by atoms with Crippen molar-refractivity contribution in [3.63, 3.8) is 0 Å². The number of piperidine rings is 1. The normalized spacial score (nSPS) is 16.0. The maximum absolute atomic E-state index is 12.2. The number of amides is 1. The zero-order chi connectivity index (χ0) is 16.9. The molecule has 1 saturated heterocycles. The lowest BCUT2D eigenvalue weighted by Crippen LogP contribution is -2.41. The molecule has 24 heavy (non-hydrogen) atoms. The van der Waals surface area contributed by atoms with Gasteiger partial charge in [0.1, 0.15) is 0 Å². The van der Waals surface area contributed by atoms with E-state index in [9.17, 15) is 9.59 Å². The summed E-state index contributed by atoms with van der Waals surface area (Å²) < 4.78 is 1.56. The summed E-state index contributed by atoms with van der Waals surface area (Å²) in [5.74, 6) is -0.00551. The first-order valence-corrected chi connectivity index (χ1v) is 8.24. The van der Waals surface area contributed by atoms with E-state index >= 15 is 0 Å². The maximum Gasteiger partial charge on any atom is 0.266 e. The molecule has 0 radical (unpaired) electrons. The van der Waals surface area contributed by atoms with Crippen LogP contribution in [-0.4, -0.2) is 40.2 Å². The van der Waals surface area contributed by atoms with Crippen LogP contribution in [0.5, 0.6) is 0 Å². The number of likely N-dealkylation sites (tertiary alicyclic amines) is 1. The van der Waals surface area contributed by atoms with Crippen molar-refractivity contribution in [3.05, 3.63) is 58.5 Å². The van der Waals surface area contributed by atoms with Crippen LogP contribution in [0.2, 0.25) is 0 Å². The molecule has 2 heterocycles. The van der Waals surface area contributed by atoms with E-state index in [0.29, 0.717) is 6.54 Å². The lowest BCUT2D eigenvalue weighted by atomic mass is 10.1. The topological polar surface area (TPSA) is 67.2 Å². The highest BCUT2D eigenvalue weighted by atomic mass is 16.2. The average Bonchev–Trinajstić information content (AvgIpc) is 2.56. The summed E-state index contributed by atoms with van der Waals surface area (Å²) in [6.07, 6.45) is 3.30. The van der Waals surface area contributed by atoms with E-state index in [2.05, 4.69) is 15.3 Å². The predicted octanol–water partition coefficient (Wildman–Crippen LogP) is 1.83. The number of nitrogens with zero attached hydrogens (tertiary/aromatic N) is 3. The van der Waals surface area contributed by atoms with E-state index in [0.717, 1.165) is 37.2 Å². The van der Waals surface area contributed by atoms with Crippen LogP contribution in [0.15, 0.2) is 47.4 Å². The second kappa shape index (κ2) is 7.40. The van der Waals surface area contributed by atoms with Gasteiger partial charge in [-0.2, -0.15) is 5.10 Å². The molecule has 1 aromatic carbocycles. The third-order valence-electron chi connectivity index (χ3n) is 4.31. The Balaban J connectivity index is 1.51. The first-order valence-electron chi connectivity index (χ1n) is 8.24. The van der Waals surface area contributed by atoms with Gasteiger partial charge in [-0.25, -0.2) is 4.68 Å². The summed E-state index contributed by atoms with van der Waals surface area (Å²) in [6.45, 7) is 3.95. The van der Waals surface area contributed by atoms with Gasteiger partial charge in [0.15, 0.2) is 0 Å². The first kappa shape index (κ1) is 16.4. The number of carbonyl (C=O) groups is 1. The molecule has 6 heteroatoms. The second-order valence-corrected chi connectivity index (χ2v) is 6.23. The van der Waals surface area contributed by atoms with Gasteiger partial charge >= 0.3 is 0 Å². The van der Waals surface area contributed by atoms with Crippen molar-refractivity contribution in [1.29, 1.82) is 0 Å². The fourth-order valence-electron chi connectivity index (χ4n) is 3.09. The highest BCUT2D eigenvalue weighted by Gasteiger charge is 2.23. The number of rotatable bonds is 4. The van der Waals surface area contributed by atoms with Crippen molar-refractivity contribution in [2.75, 3.05) is 25.0 Å². The van der Waals surface area contributed by atoms with Crippen LogP contribution in [0.3, 0.4) is 0 Å². The Kier molecular flexibility index (Phi) is 5.05. The molecule has 2 aromatic rings. The van der Waals surface area contributed by atoms with E-state index in [4.69, 9.17) is 0 Å². The first-order chi connectivity index (χ1) is 11.6. The summed E-state index contributed by atoms with van der Waals surface area (Å²) in [5.41, 5.74) is 1.89. The molecule has 1 aliphatic rings. The Hall–Kier alpha value is -2.47. The summed E-state index contributed by atoms with van der Waals surface area (Å²) in [5, 5.41) is 7.09. The molecule has 126 valence electrons. The second-order valence-electron chi connectivity index (χ2n) is 6.23. The molecule has 0 aliphatic carbocycles. The summed E-state index contributed by atoms with van der Waals surface area (Å²) >= 11 is 0. The fourth-order valence-corrected chi connectivity index (χ4v) is 3.09. The lowest BCUT2D eigenvalue weighted by Gasteiger charge is -2.31. The molecule has 1 amide bonds. The average molecular weight is 326 g/mol. The molecule has 3 rings (SSSR count). The standard InChI is InChI=1S/C18H22N4O2/c1-14-4-2-5-15(12-14)20-17(23)13-21-10-7-16(8-11-21)22-18(24)6-3-9-19-22/h2-6,9,12,16H,7-8,10-11,13H2,1H3,(H,20,23). The molecule has 0 bridgehead atoms. The Morgan fingerprint density at radius 1 is 1.25 bits per heavy atom. The molecule has 6 nitrogen and oxygen atoms in total. The van der Waals surface area contributed by atoms with Gasteiger partial charge in [0.25, 0.3) is 5.56 Å². The van der Waals surface area contributed by atoms with Gasteiger partial charge in [0.05, 0.1) is 12.6 Å². The molecule has 1 aromatic heterocycles. The minimum Gasteiger partial charge on any atom is -0.325 e. The summed E-state index contributed by atoms with van der Waals surface area (Å²) in [6, 6.07) is 11.1. The minimum atomic E-state index is -0.0619. The Morgan fingerprint density at radius 2 is 2.04 bits per heavy atom. The van der Waals surface area contributed by atoms with Crippen molar-refractivity contribution in [3.8, 4) is 0 Å². The Bertz CT molecular complexity index is 763. The third-order valence-corrected chi connectivity index (χ3v) is 4.31. The van der Waals surface area contributed by atoms with E-state index < -0.39 is 0 Å². The van der Waals surface area contributed by atoms with E-state index in [1.807, 2.05) is 31.2 Å². The van der Waals surface area contributed by atoms with Gasteiger partial charge in [-0.15, -0.1) is 0 Å². The van der Waals surface area contributed by atoms with Gasteiger partial charge in [0.2, 0.25) is 5.91 Å². The highest BCUT2D eigenvalue weighted by molar-refractivity contribution is 5.92. The molecule has 0 unspecified atom stereocenters. The molecular weight excluding hydrogens is 304 g/mol. The van der Waals surface area contributed by atoms with Crippen LogP contribution in [0.25, 0.3) is 0 Å². The SMILES string of the molecule is Cc1cccc(NC(=O)CN2CCC(n3ncccc3=O)CC2)c1. The predicted molar refractivity (Wildman–Crippen MR) is 93.0 cm³/mol. The van der Waals surface area contributed by atoms with E-state index in [1.54, 1.807) is 16.9 Å². The summed E-state index contributed by atoms with van der Waals surface area (Å²) in [7, 11) is 0. The Labute approximate surface area is 141 Å². The van der Waals surface area contributed by atoms with Crippen LogP contribution in [0.1, 0.15) is 24.4 Å². The lowest BCUT2D eigenvalue weighted by molar-refractivity contribution is -0.117. The van der Waals surface area contributed by atoms with Crippen LogP contribution in [0.4, 0.5) is 5.69 Å². The number of hydrogen-bond acceptors (Lipinski definition) is 4. The number of aromatic nitrogens is 2. The van der Waals surface area contributed by atoms with Crippen molar-refractivity contribution in [2.45, 2.75) is 25.8 Å². The maximum atomic E-state index is 12.2. The van der Waals surface area contributed by atoms with Crippen molar-refractivity contribution >= 4 is 11.6 Å². The smallest absolute Gasteiger partial charge is 0.266 e. The number of anilines is 1. The third kappa shape index (κ3) is 4.08. The van der Waals surface area contributed by atoms with Gasteiger partial charge in [-0.05, 0) is 43.5 Å². The molecule has 0 atom stereocenters. The number of benzene rings is 1. The molecule has 1 aliphatic heterocycles. The number of nitrogens with one attached hydrogen (secondary N) is 1. The number of hydrogen-bond donors (Lipinski definition) is 1. The highest BCUT2D eigenvalue weighted by Crippen LogP contribution is 2.20. The monoisotopic (exact) mass is 326 g/mol. The molecular formula is C18H22N4O2. The Morgan fingerprint density at radius 3 is 2.75 bits per heavy atom. The molecule has 1 fully saturated rings. The van der Waals surface area contributed by atoms with Gasteiger partial charge in [0, 0.05) is 31.0 Å². The number of carbonyl (C=O) groups excluding carboxylic acids is 1. The van der Waals surface area contributed by atoms with E-state index in [-0.39, 0.29) is 17.5 Å². The fraction of sp³-hybridized carbons (Fsp3) is 0.389. The van der Waals surface area contributed by atoms with Gasteiger partial charge in [-0.1, -0.05) is 12.1 Å². The van der Waals surface area contributed by atoms with Gasteiger partial charge in [-0.3, -0.25) is 14.5 Å². The van der Waals surface area contributed by atoms with Crippen LogP contribution in [-0.2, 0) is 4.79 Å². The van der Waals surface area contributed by atoms with Crippen molar-refractivity contribution in [1.82, 2.24) is 14.7 Å². The quantitative estimate of drug-likeness (QED) is 0.931. The minimum absolute atomic E-state index is 0.00551. The van der Waals surface area contributed by atoms with Crippen molar-refractivity contribution in [2.24, 2.45) is 0 Å².